The van der Waals surface area contributed by atoms with Gasteiger partial charge in [-0.15, -0.1) is 0 Å². The van der Waals surface area contributed by atoms with Gasteiger partial charge in [0, 0.05) is 10.6 Å². The lowest BCUT2D eigenvalue weighted by Gasteiger charge is -2.10. The van der Waals surface area contributed by atoms with Gasteiger partial charge in [-0.05, 0) is 37.1 Å². The number of nitrogens with zero attached hydrogens (tertiary/aromatic N) is 3. The summed E-state index contributed by atoms with van der Waals surface area (Å²) in [5.41, 5.74) is 1.47. The van der Waals surface area contributed by atoms with E-state index < -0.39 is 17.2 Å². The van der Waals surface area contributed by atoms with E-state index in [4.69, 9.17) is 11.6 Å². The van der Waals surface area contributed by atoms with E-state index in [9.17, 15) is 20.0 Å². The molecular weight excluding hydrogens is 390 g/mol. The first-order valence-electron chi connectivity index (χ1n) is 8.64. The van der Waals surface area contributed by atoms with Crippen LogP contribution in [0.15, 0.2) is 47.3 Å². The number of aromatic carboxylic acids is 1. The fourth-order valence-electron chi connectivity index (χ4n) is 2.71. The van der Waals surface area contributed by atoms with E-state index in [2.05, 4.69) is 5.10 Å². The molecule has 29 heavy (non-hydrogen) atoms. The first kappa shape index (κ1) is 20.1. The maximum absolute atomic E-state index is 12.9. The van der Waals surface area contributed by atoms with Crippen molar-refractivity contribution in [3.8, 4) is 11.8 Å². The first-order chi connectivity index (χ1) is 13.8. The number of nitriles is 1. The Morgan fingerprint density at radius 2 is 1.86 bits per heavy atom. The van der Waals surface area contributed by atoms with Crippen LogP contribution in [0.1, 0.15) is 38.3 Å². The van der Waals surface area contributed by atoms with Gasteiger partial charge in [-0.3, -0.25) is 4.79 Å². The molecule has 0 atom stereocenters. The summed E-state index contributed by atoms with van der Waals surface area (Å²) in [6, 6.07) is 14.1. The maximum Gasteiger partial charge on any atom is 0.357 e. The van der Waals surface area contributed by atoms with Gasteiger partial charge in [-0.1, -0.05) is 59.6 Å². The van der Waals surface area contributed by atoms with Gasteiger partial charge in [0.1, 0.15) is 11.6 Å². The SMILES string of the molecule is Cc1ccc(/C=C\c2c(C(=O)O)nn(-c3ccc(C)c(Cl)c3)c(=O)c2C#N)cc1. The van der Waals surface area contributed by atoms with Crippen molar-refractivity contribution >= 4 is 29.7 Å². The summed E-state index contributed by atoms with van der Waals surface area (Å²) in [5.74, 6) is -1.35. The van der Waals surface area contributed by atoms with Crippen molar-refractivity contribution in [2.45, 2.75) is 13.8 Å². The standard InChI is InChI=1S/C22H16ClN3O3/c1-13-3-6-15(7-4-13)8-10-17-18(12-24)21(27)26(25-20(17)22(28)29)16-9-5-14(2)19(23)11-16/h3-11H,1-2H3,(H,28,29)/b10-8-. The highest BCUT2D eigenvalue weighted by Crippen LogP contribution is 2.20. The van der Waals surface area contributed by atoms with Crippen LogP contribution in [0.3, 0.4) is 0 Å². The molecule has 0 aliphatic heterocycles. The molecule has 0 saturated heterocycles. The van der Waals surface area contributed by atoms with E-state index in [1.165, 1.54) is 12.1 Å². The van der Waals surface area contributed by atoms with Gasteiger partial charge in [-0.2, -0.15) is 15.0 Å². The zero-order chi connectivity index (χ0) is 21.1. The molecule has 0 spiro atoms. The minimum absolute atomic E-state index is 0.0416. The van der Waals surface area contributed by atoms with E-state index in [0.29, 0.717) is 5.02 Å². The monoisotopic (exact) mass is 405 g/mol. The smallest absolute Gasteiger partial charge is 0.357 e. The minimum Gasteiger partial charge on any atom is -0.476 e. The van der Waals surface area contributed by atoms with Gasteiger partial charge in [0.25, 0.3) is 5.56 Å². The maximum atomic E-state index is 12.9. The van der Waals surface area contributed by atoms with Gasteiger partial charge in [0.05, 0.1) is 5.69 Å². The number of aromatic nitrogens is 2. The topological polar surface area (TPSA) is 96.0 Å². The predicted octanol–water partition coefficient (Wildman–Crippen LogP) is 4.24. The van der Waals surface area contributed by atoms with Crippen LogP contribution < -0.4 is 5.56 Å². The van der Waals surface area contributed by atoms with Crippen molar-refractivity contribution in [2.24, 2.45) is 0 Å². The van der Waals surface area contributed by atoms with Gasteiger partial charge in [-0.25, -0.2) is 4.79 Å². The Kier molecular flexibility index (Phi) is 5.62. The lowest BCUT2D eigenvalue weighted by atomic mass is 10.1. The molecule has 3 aromatic rings. The fraction of sp³-hybridized carbons (Fsp3) is 0.0909. The zero-order valence-electron chi connectivity index (χ0n) is 15.7. The van der Waals surface area contributed by atoms with E-state index in [1.807, 2.05) is 37.3 Å². The van der Waals surface area contributed by atoms with Crippen LogP contribution in [-0.2, 0) is 0 Å². The normalized spacial score (nSPS) is 10.8. The summed E-state index contributed by atoms with van der Waals surface area (Å²) < 4.78 is 0.885. The molecule has 0 aliphatic carbocycles. The van der Waals surface area contributed by atoms with E-state index in [1.54, 1.807) is 25.1 Å². The molecule has 0 unspecified atom stereocenters. The molecule has 1 heterocycles. The Labute approximate surface area is 171 Å². The highest BCUT2D eigenvalue weighted by atomic mass is 35.5. The van der Waals surface area contributed by atoms with Crippen molar-refractivity contribution in [3.05, 3.63) is 91.4 Å². The number of carbonyl (C=O) groups is 1. The summed E-state index contributed by atoms with van der Waals surface area (Å²) in [6.07, 6.45) is 3.06. The lowest BCUT2D eigenvalue weighted by molar-refractivity contribution is 0.0688. The summed E-state index contributed by atoms with van der Waals surface area (Å²) in [5, 5.41) is 23.6. The third kappa shape index (κ3) is 4.10. The minimum atomic E-state index is -1.35. The Morgan fingerprint density at radius 1 is 1.17 bits per heavy atom. The van der Waals surface area contributed by atoms with Gasteiger partial charge < -0.3 is 5.11 Å². The Bertz CT molecular complexity index is 1240. The molecule has 0 saturated carbocycles. The van der Waals surface area contributed by atoms with E-state index in [0.717, 1.165) is 21.4 Å². The third-order valence-corrected chi connectivity index (χ3v) is 4.77. The second kappa shape index (κ2) is 8.13. The number of carboxylic acid groups (broad SMARTS) is 1. The number of rotatable bonds is 4. The Hall–Kier alpha value is -3.69. The number of carboxylic acids is 1. The van der Waals surface area contributed by atoms with Crippen LogP contribution in [0.25, 0.3) is 17.8 Å². The lowest BCUT2D eigenvalue weighted by Crippen LogP contribution is -2.28. The zero-order valence-corrected chi connectivity index (χ0v) is 16.4. The molecule has 6 nitrogen and oxygen atoms in total. The van der Waals surface area contributed by atoms with Crippen molar-refractivity contribution < 1.29 is 9.90 Å². The van der Waals surface area contributed by atoms with E-state index in [-0.39, 0.29) is 16.8 Å². The molecular formula is C22H16ClN3O3. The highest BCUT2D eigenvalue weighted by Gasteiger charge is 2.21. The molecule has 0 aliphatic rings. The predicted molar refractivity (Wildman–Crippen MR) is 111 cm³/mol. The summed E-state index contributed by atoms with van der Waals surface area (Å²) in [4.78, 5) is 24.7. The van der Waals surface area contributed by atoms with Crippen LogP contribution in [0.5, 0.6) is 0 Å². The number of halogens is 1. The van der Waals surface area contributed by atoms with Crippen LogP contribution >= 0.6 is 11.6 Å². The van der Waals surface area contributed by atoms with Crippen molar-refractivity contribution in [3.63, 3.8) is 0 Å². The van der Waals surface area contributed by atoms with Gasteiger partial charge in [0.2, 0.25) is 0 Å². The Balaban J connectivity index is 2.21. The van der Waals surface area contributed by atoms with Gasteiger partial charge >= 0.3 is 5.97 Å². The number of benzene rings is 2. The van der Waals surface area contributed by atoms with Crippen LogP contribution in [-0.4, -0.2) is 20.9 Å². The summed E-state index contributed by atoms with van der Waals surface area (Å²) >= 11 is 6.12. The molecule has 2 aromatic carbocycles. The molecule has 3 rings (SSSR count). The van der Waals surface area contributed by atoms with Crippen LogP contribution in [0, 0.1) is 25.2 Å². The molecule has 0 bridgehead atoms. The first-order valence-corrected chi connectivity index (χ1v) is 9.01. The van der Waals surface area contributed by atoms with Crippen LogP contribution in [0.4, 0.5) is 0 Å². The van der Waals surface area contributed by atoms with Gasteiger partial charge in [0.15, 0.2) is 5.69 Å². The molecule has 0 radical (unpaired) electrons. The summed E-state index contributed by atoms with van der Waals surface area (Å²) in [6.45, 7) is 3.75. The van der Waals surface area contributed by atoms with Crippen molar-refractivity contribution in [1.82, 2.24) is 9.78 Å². The number of hydrogen-bond donors (Lipinski definition) is 1. The summed E-state index contributed by atoms with van der Waals surface area (Å²) in [7, 11) is 0. The van der Waals surface area contributed by atoms with Crippen LogP contribution in [0.2, 0.25) is 5.02 Å². The number of hydrogen-bond acceptors (Lipinski definition) is 4. The molecule has 144 valence electrons. The average molecular weight is 406 g/mol. The van der Waals surface area contributed by atoms with E-state index >= 15 is 0 Å². The quantitative estimate of drug-likeness (QED) is 0.700. The molecule has 1 aromatic heterocycles. The van der Waals surface area contributed by atoms with Crippen molar-refractivity contribution in [1.29, 1.82) is 5.26 Å². The molecule has 1 N–H and O–H groups in total. The number of aryl methyl sites for hydroxylation is 2. The Morgan fingerprint density at radius 3 is 2.45 bits per heavy atom. The molecule has 0 fully saturated rings. The largest absolute Gasteiger partial charge is 0.476 e. The second-order valence-electron chi connectivity index (χ2n) is 6.45. The second-order valence-corrected chi connectivity index (χ2v) is 6.86. The molecule has 0 amide bonds. The average Bonchev–Trinajstić information content (AvgIpc) is 2.69. The third-order valence-electron chi connectivity index (χ3n) is 4.36. The highest BCUT2D eigenvalue weighted by molar-refractivity contribution is 6.31. The fourth-order valence-corrected chi connectivity index (χ4v) is 2.89. The van der Waals surface area contributed by atoms with Crippen molar-refractivity contribution in [2.75, 3.05) is 0 Å². The molecule has 7 heteroatoms.